The van der Waals surface area contributed by atoms with Crippen LogP contribution in [0.3, 0.4) is 0 Å². The van der Waals surface area contributed by atoms with Gasteiger partial charge in [-0.25, -0.2) is 0 Å². The molecular weight excluding hydrogens is 388 g/mol. The van der Waals surface area contributed by atoms with Crippen molar-refractivity contribution in [2.75, 3.05) is 11.9 Å². The monoisotopic (exact) mass is 410 g/mol. The molecule has 0 radical (unpaired) electrons. The van der Waals surface area contributed by atoms with E-state index in [1.54, 1.807) is 6.08 Å². The smallest absolute Gasteiger partial charge is 0.249 e. The van der Waals surface area contributed by atoms with Crippen molar-refractivity contribution in [3.63, 3.8) is 0 Å². The number of anilines is 1. The predicted octanol–water partition coefficient (Wildman–Crippen LogP) is 5.52. The lowest BCUT2D eigenvalue weighted by Crippen LogP contribution is -2.15. The van der Waals surface area contributed by atoms with Crippen molar-refractivity contribution in [2.45, 2.75) is 33.1 Å². The van der Waals surface area contributed by atoms with E-state index in [4.69, 9.17) is 17.0 Å². The Labute approximate surface area is 174 Å². The van der Waals surface area contributed by atoms with Gasteiger partial charge in [-0.15, -0.1) is 11.3 Å². The Hall–Kier alpha value is -2.49. The van der Waals surface area contributed by atoms with Gasteiger partial charge in [0.1, 0.15) is 16.8 Å². The third-order valence-electron chi connectivity index (χ3n) is 4.74. The number of nitrogens with zero attached hydrogens (tertiary/aromatic N) is 1. The number of fused-ring (bicyclic) bond motifs is 1. The summed E-state index contributed by atoms with van der Waals surface area (Å²) < 4.78 is 6.18. The van der Waals surface area contributed by atoms with Crippen molar-refractivity contribution >= 4 is 40.5 Å². The molecule has 1 heterocycles. The lowest BCUT2D eigenvalue weighted by molar-refractivity contribution is -0.111. The fourth-order valence-electron chi connectivity index (χ4n) is 3.31. The molecule has 2 aromatic rings. The maximum absolute atomic E-state index is 12.4. The first-order valence-electron chi connectivity index (χ1n) is 9.32. The first kappa shape index (κ1) is 20.2. The van der Waals surface area contributed by atoms with E-state index in [-0.39, 0.29) is 5.91 Å². The average molecular weight is 411 g/mol. The molecule has 1 unspecified atom stereocenters. The zero-order valence-electron chi connectivity index (χ0n) is 16.0. The van der Waals surface area contributed by atoms with Gasteiger partial charge in [-0.2, -0.15) is 5.26 Å². The van der Waals surface area contributed by atoms with Crippen molar-refractivity contribution in [3.05, 3.63) is 56.4 Å². The van der Waals surface area contributed by atoms with Crippen LogP contribution < -0.4 is 10.1 Å². The minimum absolute atomic E-state index is 0.278. The van der Waals surface area contributed by atoms with E-state index in [0.29, 0.717) is 23.1 Å². The molecule has 0 bridgehead atoms. The largest absolute Gasteiger partial charge is 0.494 e. The van der Waals surface area contributed by atoms with Gasteiger partial charge in [-0.05, 0) is 67.0 Å². The molecule has 0 saturated carbocycles. The average Bonchev–Trinajstić information content (AvgIpc) is 2.68. The summed E-state index contributed by atoms with van der Waals surface area (Å²) in [7, 11) is 0. The molecule has 0 aliphatic heterocycles. The molecule has 1 aliphatic carbocycles. The summed E-state index contributed by atoms with van der Waals surface area (Å²) in [6, 6.07) is 9.78. The van der Waals surface area contributed by atoms with E-state index in [2.05, 4.69) is 18.3 Å². The molecule has 0 spiro atoms. The van der Waals surface area contributed by atoms with Crippen molar-refractivity contribution < 1.29 is 9.53 Å². The molecule has 1 aromatic heterocycles. The van der Waals surface area contributed by atoms with Gasteiger partial charge in [0.15, 0.2) is 0 Å². The summed E-state index contributed by atoms with van der Waals surface area (Å²) in [5, 5.41) is 13.1. The second-order valence-electron chi connectivity index (χ2n) is 6.84. The lowest BCUT2D eigenvalue weighted by atomic mass is 9.85. The van der Waals surface area contributed by atoms with Crippen LogP contribution >= 0.6 is 23.6 Å². The first-order valence-corrected chi connectivity index (χ1v) is 10.5. The van der Waals surface area contributed by atoms with Gasteiger partial charge in [0.25, 0.3) is 0 Å². The number of hydrogen-bond donors (Lipinski definition) is 1. The van der Waals surface area contributed by atoms with Crippen LogP contribution in [-0.4, -0.2) is 12.5 Å². The third kappa shape index (κ3) is 4.67. The van der Waals surface area contributed by atoms with E-state index in [1.807, 2.05) is 31.2 Å². The second-order valence-corrected chi connectivity index (χ2v) is 8.52. The molecule has 4 nitrogen and oxygen atoms in total. The molecule has 28 heavy (non-hydrogen) atoms. The number of ether oxygens (including phenoxy) is 1. The number of amides is 1. The highest BCUT2D eigenvalue weighted by atomic mass is 32.1. The zero-order chi connectivity index (χ0) is 20.1. The van der Waals surface area contributed by atoms with Crippen LogP contribution in [0.1, 0.15) is 42.5 Å². The van der Waals surface area contributed by atoms with Gasteiger partial charge in [0.05, 0.1) is 16.0 Å². The third-order valence-corrected chi connectivity index (χ3v) is 6.18. The number of benzene rings is 1. The fraction of sp³-hybridized carbons (Fsp3) is 0.318. The number of nitrogens with one attached hydrogen (secondary N) is 1. The zero-order valence-corrected chi connectivity index (χ0v) is 17.6. The summed E-state index contributed by atoms with van der Waals surface area (Å²) in [5.74, 6) is 1.09. The number of nitriles is 1. The molecule has 1 aromatic carbocycles. The van der Waals surface area contributed by atoms with Gasteiger partial charge in [-0.3, -0.25) is 4.79 Å². The number of carbonyl (C=O) groups is 1. The fourth-order valence-corrected chi connectivity index (χ4v) is 4.71. The van der Waals surface area contributed by atoms with Gasteiger partial charge in [0, 0.05) is 6.08 Å². The van der Waals surface area contributed by atoms with Crippen molar-refractivity contribution in [3.8, 4) is 11.8 Å². The molecule has 6 heteroatoms. The predicted molar refractivity (Wildman–Crippen MR) is 116 cm³/mol. The molecule has 1 N–H and O–H groups in total. The topological polar surface area (TPSA) is 62.1 Å². The van der Waals surface area contributed by atoms with E-state index >= 15 is 0 Å². The van der Waals surface area contributed by atoms with Crippen LogP contribution in [0.4, 0.5) is 5.00 Å². The van der Waals surface area contributed by atoms with Gasteiger partial charge in [-0.1, -0.05) is 31.3 Å². The highest BCUT2D eigenvalue weighted by Crippen LogP contribution is 2.35. The Morgan fingerprint density at radius 2 is 2.14 bits per heavy atom. The summed E-state index contributed by atoms with van der Waals surface area (Å²) in [4.78, 5) is 12.4. The van der Waals surface area contributed by atoms with Gasteiger partial charge >= 0.3 is 0 Å². The van der Waals surface area contributed by atoms with E-state index in [0.717, 1.165) is 45.5 Å². The van der Waals surface area contributed by atoms with Crippen molar-refractivity contribution in [1.82, 2.24) is 0 Å². The Morgan fingerprint density at radius 3 is 2.82 bits per heavy atom. The number of hydrogen-bond acceptors (Lipinski definition) is 5. The number of carbonyl (C=O) groups excluding carboxylic acids is 1. The molecule has 1 atom stereocenters. The highest BCUT2D eigenvalue weighted by Gasteiger charge is 2.23. The van der Waals surface area contributed by atoms with Crippen molar-refractivity contribution in [2.24, 2.45) is 5.92 Å². The van der Waals surface area contributed by atoms with Crippen LogP contribution in [-0.2, 0) is 17.6 Å². The SMILES string of the molecule is CCOc1ccc(/C=C/C(=O)Nc2sc(=S)c3c(c2C#N)CCC(C)C3)cc1. The molecule has 3 rings (SSSR count). The Morgan fingerprint density at radius 1 is 1.39 bits per heavy atom. The van der Waals surface area contributed by atoms with E-state index in [9.17, 15) is 10.1 Å². The first-order chi connectivity index (χ1) is 13.5. The maximum Gasteiger partial charge on any atom is 0.249 e. The normalized spacial score (nSPS) is 15.7. The van der Waals surface area contributed by atoms with Crippen LogP contribution in [0.2, 0.25) is 0 Å². The molecule has 1 aliphatic rings. The summed E-state index contributed by atoms with van der Waals surface area (Å²) in [6.45, 7) is 4.75. The van der Waals surface area contributed by atoms with Crippen LogP contribution in [0.15, 0.2) is 30.3 Å². The maximum atomic E-state index is 12.4. The van der Waals surface area contributed by atoms with Crippen LogP contribution in [0.25, 0.3) is 6.08 Å². The second kappa shape index (κ2) is 9.13. The molecule has 0 saturated heterocycles. The minimum Gasteiger partial charge on any atom is -0.494 e. The standard InChI is InChI=1S/C22H22N2O2S2/c1-3-26-16-8-5-15(6-9-16)7-11-20(25)24-21-19(13-23)17-10-4-14(2)12-18(17)22(27)28-21/h5-9,11,14H,3-4,10,12H2,1-2H3,(H,24,25)/b11-7+. The Bertz CT molecular complexity index is 1000. The summed E-state index contributed by atoms with van der Waals surface area (Å²) in [5.41, 5.74) is 3.57. The van der Waals surface area contributed by atoms with Crippen molar-refractivity contribution in [1.29, 1.82) is 5.26 Å². The Kier molecular flexibility index (Phi) is 6.61. The molecule has 1 amide bonds. The van der Waals surface area contributed by atoms with Gasteiger partial charge < -0.3 is 10.1 Å². The summed E-state index contributed by atoms with van der Waals surface area (Å²) in [6.07, 6.45) is 5.98. The Balaban J connectivity index is 1.78. The summed E-state index contributed by atoms with van der Waals surface area (Å²) >= 11 is 6.85. The highest BCUT2D eigenvalue weighted by molar-refractivity contribution is 7.73. The number of rotatable bonds is 5. The lowest BCUT2D eigenvalue weighted by Gasteiger charge is -2.23. The molecule has 0 fully saturated rings. The van der Waals surface area contributed by atoms with Crippen LogP contribution in [0, 0.1) is 21.1 Å². The quantitative estimate of drug-likeness (QED) is 0.520. The van der Waals surface area contributed by atoms with Crippen LogP contribution in [0.5, 0.6) is 5.75 Å². The molecule has 144 valence electrons. The minimum atomic E-state index is -0.278. The van der Waals surface area contributed by atoms with E-state index < -0.39 is 0 Å². The van der Waals surface area contributed by atoms with Gasteiger partial charge in [0.2, 0.25) is 5.91 Å². The van der Waals surface area contributed by atoms with E-state index in [1.165, 1.54) is 17.4 Å². The molecular formula is C22H22N2O2S2.